The summed E-state index contributed by atoms with van der Waals surface area (Å²) in [5.41, 5.74) is 0. The summed E-state index contributed by atoms with van der Waals surface area (Å²) in [7, 11) is 0. The highest BCUT2D eigenvalue weighted by molar-refractivity contribution is 4.74. The van der Waals surface area contributed by atoms with Crippen LogP contribution in [-0.4, -0.2) is 23.9 Å². The van der Waals surface area contributed by atoms with Crippen LogP contribution in [0.4, 0.5) is 0 Å². The van der Waals surface area contributed by atoms with E-state index >= 15 is 0 Å². The molecule has 76 valence electrons. The Balaban J connectivity index is 2.32. The van der Waals surface area contributed by atoms with Crippen molar-refractivity contribution in [1.82, 2.24) is 0 Å². The Morgan fingerprint density at radius 1 is 1.23 bits per heavy atom. The fourth-order valence-electron chi connectivity index (χ4n) is 1.82. The standard InChI is InChI=1S/C11H20O2/c1-2-9-13-11-8-6-4-3-5-7-10(11)12/h2,10-12H,1,3-9H2/t10-,11+/m0/s1. The molecular formula is C11H20O2. The zero-order valence-corrected chi connectivity index (χ0v) is 8.24. The van der Waals surface area contributed by atoms with Crippen molar-refractivity contribution >= 4 is 0 Å². The summed E-state index contributed by atoms with van der Waals surface area (Å²) < 4.78 is 5.51. The smallest absolute Gasteiger partial charge is 0.0838 e. The minimum atomic E-state index is -0.264. The number of aliphatic hydroxyl groups excluding tert-OH is 1. The highest BCUT2D eigenvalue weighted by atomic mass is 16.5. The SMILES string of the molecule is C=CCO[C@@H]1CCCCCC[C@@H]1O. The Hall–Kier alpha value is -0.340. The maximum atomic E-state index is 9.74. The lowest BCUT2D eigenvalue weighted by Crippen LogP contribution is -2.30. The van der Waals surface area contributed by atoms with Crippen molar-refractivity contribution in [2.75, 3.05) is 6.61 Å². The van der Waals surface area contributed by atoms with Crippen LogP contribution in [0.1, 0.15) is 38.5 Å². The predicted molar refractivity (Wildman–Crippen MR) is 53.6 cm³/mol. The first-order valence-corrected chi connectivity index (χ1v) is 5.25. The molecule has 0 aliphatic heterocycles. The summed E-state index contributed by atoms with van der Waals surface area (Å²) in [6.45, 7) is 4.16. The third-order valence-electron chi connectivity index (χ3n) is 2.60. The average Bonchev–Trinajstić information content (AvgIpc) is 2.11. The van der Waals surface area contributed by atoms with Gasteiger partial charge in [0.25, 0.3) is 0 Å². The van der Waals surface area contributed by atoms with Crippen molar-refractivity contribution in [2.45, 2.75) is 50.7 Å². The van der Waals surface area contributed by atoms with E-state index in [0.29, 0.717) is 6.61 Å². The molecule has 1 saturated carbocycles. The summed E-state index contributed by atoms with van der Waals surface area (Å²) in [6.07, 6.45) is 8.25. The van der Waals surface area contributed by atoms with E-state index in [1.54, 1.807) is 6.08 Å². The van der Waals surface area contributed by atoms with Gasteiger partial charge >= 0.3 is 0 Å². The Labute approximate surface area is 80.6 Å². The van der Waals surface area contributed by atoms with Gasteiger partial charge in [0, 0.05) is 0 Å². The van der Waals surface area contributed by atoms with Crippen LogP contribution in [0.2, 0.25) is 0 Å². The van der Waals surface area contributed by atoms with Crippen molar-refractivity contribution in [3.8, 4) is 0 Å². The molecule has 0 saturated heterocycles. The van der Waals surface area contributed by atoms with Crippen LogP contribution in [0, 0.1) is 0 Å². The van der Waals surface area contributed by atoms with Gasteiger partial charge in [-0.3, -0.25) is 0 Å². The maximum absolute atomic E-state index is 9.74. The predicted octanol–water partition coefficient (Wildman–Crippen LogP) is 2.27. The molecule has 0 radical (unpaired) electrons. The van der Waals surface area contributed by atoms with E-state index in [1.807, 2.05) is 0 Å². The Morgan fingerprint density at radius 3 is 2.62 bits per heavy atom. The lowest BCUT2D eigenvalue weighted by molar-refractivity contribution is -0.0391. The molecule has 0 aromatic heterocycles. The molecule has 0 aromatic rings. The van der Waals surface area contributed by atoms with E-state index < -0.39 is 0 Å². The fraction of sp³-hybridized carbons (Fsp3) is 0.818. The fourth-order valence-corrected chi connectivity index (χ4v) is 1.82. The number of aliphatic hydroxyl groups is 1. The van der Waals surface area contributed by atoms with Gasteiger partial charge in [-0.2, -0.15) is 0 Å². The van der Waals surface area contributed by atoms with E-state index in [-0.39, 0.29) is 12.2 Å². The van der Waals surface area contributed by atoms with Gasteiger partial charge < -0.3 is 9.84 Å². The van der Waals surface area contributed by atoms with Gasteiger partial charge in [0.2, 0.25) is 0 Å². The largest absolute Gasteiger partial charge is 0.390 e. The van der Waals surface area contributed by atoms with Crippen molar-refractivity contribution < 1.29 is 9.84 Å². The first kappa shape index (κ1) is 10.7. The van der Waals surface area contributed by atoms with Gasteiger partial charge in [-0.25, -0.2) is 0 Å². The zero-order chi connectivity index (χ0) is 9.52. The van der Waals surface area contributed by atoms with E-state index in [9.17, 15) is 5.11 Å². The topological polar surface area (TPSA) is 29.5 Å². The monoisotopic (exact) mass is 184 g/mol. The maximum Gasteiger partial charge on any atom is 0.0838 e. The minimum Gasteiger partial charge on any atom is -0.390 e. The summed E-state index contributed by atoms with van der Waals surface area (Å²) >= 11 is 0. The average molecular weight is 184 g/mol. The first-order chi connectivity index (χ1) is 6.34. The highest BCUT2D eigenvalue weighted by Gasteiger charge is 2.20. The molecule has 2 atom stereocenters. The Bertz CT molecular complexity index is 145. The van der Waals surface area contributed by atoms with Crippen LogP contribution >= 0.6 is 0 Å². The van der Waals surface area contributed by atoms with Gasteiger partial charge in [-0.05, 0) is 12.8 Å². The van der Waals surface area contributed by atoms with Gasteiger partial charge in [-0.1, -0.05) is 31.8 Å². The molecule has 0 unspecified atom stereocenters. The van der Waals surface area contributed by atoms with E-state index in [0.717, 1.165) is 19.3 Å². The second-order valence-electron chi connectivity index (χ2n) is 3.72. The van der Waals surface area contributed by atoms with Gasteiger partial charge in [-0.15, -0.1) is 6.58 Å². The Morgan fingerprint density at radius 2 is 1.92 bits per heavy atom. The second-order valence-corrected chi connectivity index (χ2v) is 3.72. The third-order valence-corrected chi connectivity index (χ3v) is 2.60. The molecule has 2 nitrogen and oxygen atoms in total. The molecule has 0 amide bonds. The number of ether oxygens (including phenoxy) is 1. The van der Waals surface area contributed by atoms with Gasteiger partial charge in [0.05, 0.1) is 18.8 Å². The number of rotatable bonds is 3. The van der Waals surface area contributed by atoms with Crippen LogP contribution < -0.4 is 0 Å². The number of hydrogen-bond acceptors (Lipinski definition) is 2. The highest BCUT2D eigenvalue weighted by Crippen LogP contribution is 2.19. The molecule has 0 heterocycles. The van der Waals surface area contributed by atoms with Crippen molar-refractivity contribution in [3.63, 3.8) is 0 Å². The van der Waals surface area contributed by atoms with Crippen molar-refractivity contribution in [3.05, 3.63) is 12.7 Å². The zero-order valence-electron chi connectivity index (χ0n) is 8.24. The lowest BCUT2D eigenvalue weighted by atomic mass is 9.96. The third kappa shape index (κ3) is 3.92. The molecule has 0 aromatic carbocycles. The normalized spacial score (nSPS) is 30.5. The molecule has 0 bridgehead atoms. The molecule has 13 heavy (non-hydrogen) atoms. The molecule has 1 rings (SSSR count). The molecular weight excluding hydrogens is 164 g/mol. The molecule has 1 aliphatic rings. The molecule has 1 fully saturated rings. The second kappa shape index (κ2) is 6.17. The van der Waals surface area contributed by atoms with E-state index in [4.69, 9.17) is 4.74 Å². The quantitative estimate of drug-likeness (QED) is 0.682. The lowest BCUT2D eigenvalue weighted by Gasteiger charge is -2.24. The summed E-state index contributed by atoms with van der Waals surface area (Å²) in [4.78, 5) is 0. The van der Waals surface area contributed by atoms with Crippen LogP contribution in [0.3, 0.4) is 0 Å². The summed E-state index contributed by atoms with van der Waals surface area (Å²) in [5.74, 6) is 0. The van der Waals surface area contributed by atoms with Gasteiger partial charge in [0.1, 0.15) is 0 Å². The Kier molecular flexibility index (Phi) is 5.09. The molecule has 1 N–H and O–H groups in total. The van der Waals surface area contributed by atoms with Crippen LogP contribution in [-0.2, 0) is 4.74 Å². The van der Waals surface area contributed by atoms with Crippen LogP contribution in [0.15, 0.2) is 12.7 Å². The first-order valence-electron chi connectivity index (χ1n) is 5.25. The van der Waals surface area contributed by atoms with Crippen LogP contribution in [0.25, 0.3) is 0 Å². The van der Waals surface area contributed by atoms with Crippen molar-refractivity contribution in [2.24, 2.45) is 0 Å². The number of hydrogen-bond donors (Lipinski definition) is 1. The molecule has 2 heteroatoms. The van der Waals surface area contributed by atoms with Crippen molar-refractivity contribution in [1.29, 1.82) is 0 Å². The van der Waals surface area contributed by atoms with Gasteiger partial charge in [0.15, 0.2) is 0 Å². The summed E-state index contributed by atoms with van der Waals surface area (Å²) in [5, 5.41) is 9.74. The van der Waals surface area contributed by atoms with E-state index in [1.165, 1.54) is 19.3 Å². The van der Waals surface area contributed by atoms with Crippen LogP contribution in [0.5, 0.6) is 0 Å². The van der Waals surface area contributed by atoms with E-state index in [2.05, 4.69) is 6.58 Å². The molecule has 1 aliphatic carbocycles. The summed E-state index contributed by atoms with van der Waals surface area (Å²) in [6, 6.07) is 0. The minimum absolute atomic E-state index is 0.0401. The molecule has 0 spiro atoms.